The van der Waals surface area contributed by atoms with Gasteiger partial charge in [-0.05, 0) is 53.7 Å². The SMILES string of the molecule is C=C(C)C(=O)C1CC(C)(C)N(C)C(C)(C)C1N. The van der Waals surface area contributed by atoms with Gasteiger partial charge in [0, 0.05) is 23.0 Å². The lowest BCUT2D eigenvalue weighted by atomic mass is 9.68. The maximum atomic E-state index is 12.2. The van der Waals surface area contributed by atoms with Gasteiger partial charge in [-0.15, -0.1) is 0 Å². The smallest absolute Gasteiger partial charge is 0.162 e. The van der Waals surface area contributed by atoms with Crippen molar-refractivity contribution in [1.29, 1.82) is 0 Å². The minimum atomic E-state index is -0.183. The average molecular weight is 238 g/mol. The van der Waals surface area contributed by atoms with Gasteiger partial charge in [0.25, 0.3) is 0 Å². The number of hydrogen-bond donors (Lipinski definition) is 1. The van der Waals surface area contributed by atoms with Gasteiger partial charge in [0.05, 0.1) is 0 Å². The van der Waals surface area contributed by atoms with Gasteiger partial charge in [0.15, 0.2) is 5.78 Å². The first-order chi connectivity index (χ1) is 7.51. The summed E-state index contributed by atoms with van der Waals surface area (Å²) >= 11 is 0. The Hall–Kier alpha value is -0.670. The van der Waals surface area contributed by atoms with Crippen LogP contribution in [0, 0.1) is 5.92 Å². The Morgan fingerprint density at radius 2 is 1.82 bits per heavy atom. The molecule has 1 rings (SSSR count). The number of likely N-dealkylation sites (N-methyl/N-ethyl adjacent to an activating group) is 1. The van der Waals surface area contributed by atoms with Crippen LogP contribution in [0.2, 0.25) is 0 Å². The molecule has 0 amide bonds. The van der Waals surface area contributed by atoms with Crippen LogP contribution >= 0.6 is 0 Å². The molecule has 0 saturated carbocycles. The molecule has 0 radical (unpaired) electrons. The van der Waals surface area contributed by atoms with Crippen molar-refractivity contribution in [2.45, 2.75) is 58.2 Å². The molecule has 2 N–H and O–H groups in total. The zero-order valence-electron chi connectivity index (χ0n) is 12.0. The largest absolute Gasteiger partial charge is 0.325 e. The molecule has 3 nitrogen and oxygen atoms in total. The number of nitrogens with two attached hydrogens (primary N) is 1. The predicted molar refractivity (Wildman–Crippen MR) is 71.8 cm³/mol. The van der Waals surface area contributed by atoms with Gasteiger partial charge in [0.2, 0.25) is 0 Å². The maximum absolute atomic E-state index is 12.2. The van der Waals surface area contributed by atoms with E-state index < -0.39 is 0 Å². The number of rotatable bonds is 2. The summed E-state index contributed by atoms with van der Waals surface area (Å²) in [5.74, 6) is 0.000417. The molecule has 1 heterocycles. The number of carbonyl (C=O) groups excluding carboxylic acids is 1. The van der Waals surface area contributed by atoms with Crippen molar-refractivity contribution in [2.24, 2.45) is 11.7 Å². The van der Waals surface area contributed by atoms with Crippen molar-refractivity contribution < 1.29 is 4.79 Å². The molecule has 1 saturated heterocycles. The molecule has 0 bridgehead atoms. The monoisotopic (exact) mass is 238 g/mol. The topological polar surface area (TPSA) is 46.3 Å². The highest BCUT2D eigenvalue weighted by Gasteiger charge is 2.50. The number of allylic oxidation sites excluding steroid dienone is 1. The van der Waals surface area contributed by atoms with Crippen LogP contribution in [0.1, 0.15) is 41.0 Å². The molecule has 0 spiro atoms. The lowest BCUT2D eigenvalue weighted by molar-refractivity contribution is -0.128. The highest BCUT2D eigenvalue weighted by atomic mass is 16.1. The molecule has 2 atom stereocenters. The molecule has 1 aliphatic heterocycles. The standard InChI is InChI=1S/C14H26N2O/c1-9(2)11(17)10-8-13(3,4)16(7)14(5,6)12(10)15/h10,12H,1,8,15H2,2-7H3. The molecule has 1 aliphatic rings. The Labute approximate surface area is 105 Å². The van der Waals surface area contributed by atoms with Crippen LogP contribution < -0.4 is 5.73 Å². The van der Waals surface area contributed by atoms with Gasteiger partial charge in [-0.1, -0.05) is 6.58 Å². The third kappa shape index (κ3) is 2.31. The van der Waals surface area contributed by atoms with Crippen LogP contribution in [-0.2, 0) is 4.79 Å². The zero-order chi connectivity index (χ0) is 13.6. The van der Waals surface area contributed by atoms with Crippen molar-refractivity contribution in [3.8, 4) is 0 Å². The second-order valence-electron chi connectivity index (χ2n) is 6.51. The zero-order valence-corrected chi connectivity index (χ0v) is 12.0. The van der Waals surface area contributed by atoms with E-state index in [4.69, 9.17) is 5.73 Å². The lowest BCUT2D eigenvalue weighted by Gasteiger charge is -2.56. The second kappa shape index (κ2) is 4.21. The van der Waals surface area contributed by atoms with Crippen molar-refractivity contribution in [3.05, 3.63) is 12.2 Å². The summed E-state index contributed by atoms with van der Waals surface area (Å²) in [4.78, 5) is 14.5. The summed E-state index contributed by atoms with van der Waals surface area (Å²) in [6.45, 7) is 14.1. The summed E-state index contributed by atoms with van der Waals surface area (Å²) in [6, 6.07) is -0.148. The number of Topliss-reactive ketones (excluding diaryl/α,β-unsaturated/α-hetero) is 1. The Balaban J connectivity index is 3.11. The van der Waals surface area contributed by atoms with E-state index in [-0.39, 0.29) is 28.8 Å². The minimum absolute atomic E-state index is 0.0187. The van der Waals surface area contributed by atoms with Crippen LogP contribution in [0.5, 0.6) is 0 Å². The number of likely N-dealkylation sites (tertiary alicyclic amines) is 1. The molecular formula is C14H26N2O. The number of carbonyl (C=O) groups is 1. The number of hydrogen-bond acceptors (Lipinski definition) is 3. The summed E-state index contributed by atoms with van der Waals surface area (Å²) in [5, 5.41) is 0. The van der Waals surface area contributed by atoms with E-state index in [1.165, 1.54) is 0 Å². The first-order valence-corrected chi connectivity index (χ1v) is 6.21. The summed E-state index contributed by atoms with van der Waals surface area (Å²) in [5.41, 5.74) is 6.71. The van der Waals surface area contributed by atoms with Crippen LogP contribution in [0.4, 0.5) is 0 Å². The van der Waals surface area contributed by atoms with Crippen molar-refractivity contribution in [1.82, 2.24) is 4.90 Å². The van der Waals surface area contributed by atoms with E-state index >= 15 is 0 Å². The fraction of sp³-hybridized carbons (Fsp3) is 0.786. The molecule has 3 heteroatoms. The van der Waals surface area contributed by atoms with Crippen LogP contribution in [-0.4, -0.2) is 34.9 Å². The minimum Gasteiger partial charge on any atom is -0.325 e. The highest BCUT2D eigenvalue weighted by molar-refractivity contribution is 5.96. The molecular weight excluding hydrogens is 212 g/mol. The Bertz CT molecular complexity index is 344. The van der Waals surface area contributed by atoms with E-state index in [1.54, 1.807) is 6.92 Å². The number of ketones is 1. The van der Waals surface area contributed by atoms with Gasteiger partial charge >= 0.3 is 0 Å². The van der Waals surface area contributed by atoms with Gasteiger partial charge in [-0.2, -0.15) is 0 Å². The maximum Gasteiger partial charge on any atom is 0.162 e. The normalized spacial score (nSPS) is 32.2. The Kier molecular flexibility index (Phi) is 3.57. The summed E-state index contributed by atoms with van der Waals surface area (Å²) in [7, 11) is 2.08. The van der Waals surface area contributed by atoms with E-state index in [9.17, 15) is 4.79 Å². The van der Waals surface area contributed by atoms with Crippen LogP contribution in [0.25, 0.3) is 0 Å². The molecule has 1 fully saturated rings. The predicted octanol–water partition coefficient (Wildman–Crippen LogP) is 1.97. The third-order valence-corrected chi connectivity index (χ3v) is 4.50. The van der Waals surface area contributed by atoms with E-state index in [0.717, 1.165) is 6.42 Å². The number of piperidine rings is 1. The quantitative estimate of drug-likeness (QED) is 0.748. The van der Waals surface area contributed by atoms with Crippen molar-refractivity contribution in [3.63, 3.8) is 0 Å². The van der Waals surface area contributed by atoms with Gasteiger partial charge in [0.1, 0.15) is 0 Å². The second-order valence-corrected chi connectivity index (χ2v) is 6.51. The Morgan fingerprint density at radius 1 is 1.35 bits per heavy atom. The Morgan fingerprint density at radius 3 is 2.24 bits per heavy atom. The molecule has 0 aromatic rings. The fourth-order valence-corrected chi connectivity index (χ4v) is 2.87. The fourth-order valence-electron chi connectivity index (χ4n) is 2.87. The molecule has 0 aliphatic carbocycles. The molecule has 17 heavy (non-hydrogen) atoms. The molecule has 2 unspecified atom stereocenters. The van der Waals surface area contributed by atoms with Gasteiger partial charge < -0.3 is 5.73 Å². The summed E-state index contributed by atoms with van der Waals surface area (Å²) in [6.07, 6.45) is 0.791. The first-order valence-electron chi connectivity index (χ1n) is 6.21. The molecule has 0 aromatic heterocycles. The molecule has 0 aromatic carbocycles. The average Bonchev–Trinajstić information content (AvgIpc) is 2.21. The van der Waals surface area contributed by atoms with Crippen molar-refractivity contribution in [2.75, 3.05) is 7.05 Å². The third-order valence-electron chi connectivity index (χ3n) is 4.50. The van der Waals surface area contributed by atoms with Gasteiger partial charge in [-0.25, -0.2) is 0 Å². The number of nitrogens with zero attached hydrogens (tertiary/aromatic N) is 1. The van der Waals surface area contributed by atoms with Crippen LogP contribution in [0.3, 0.4) is 0 Å². The van der Waals surface area contributed by atoms with E-state index in [0.29, 0.717) is 5.57 Å². The van der Waals surface area contributed by atoms with E-state index in [2.05, 4.69) is 46.2 Å². The first kappa shape index (κ1) is 14.4. The van der Waals surface area contributed by atoms with E-state index in [1.807, 2.05) is 0 Å². The van der Waals surface area contributed by atoms with Crippen molar-refractivity contribution >= 4 is 5.78 Å². The van der Waals surface area contributed by atoms with Gasteiger partial charge in [-0.3, -0.25) is 9.69 Å². The molecule has 98 valence electrons. The summed E-state index contributed by atoms with van der Waals surface area (Å²) < 4.78 is 0. The van der Waals surface area contributed by atoms with Crippen LogP contribution in [0.15, 0.2) is 12.2 Å². The lowest BCUT2D eigenvalue weighted by Crippen LogP contribution is -2.69. The highest BCUT2D eigenvalue weighted by Crippen LogP contribution is 2.40.